The molecule has 0 bridgehead atoms. The molecular weight excluding hydrogens is 412 g/mol. The summed E-state index contributed by atoms with van der Waals surface area (Å²) in [5, 5.41) is 21.7. The highest BCUT2D eigenvalue weighted by Crippen LogP contribution is 2.31. The van der Waals surface area contributed by atoms with Crippen molar-refractivity contribution >= 4 is 17.5 Å². The van der Waals surface area contributed by atoms with Crippen molar-refractivity contribution in [2.45, 2.75) is 32.0 Å². The Balaban J connectivity index is 1.70. The number of rotatable bonds is 6. The largest absolute Gasteiger partial charge is 0.394 e. The Hall–Kier alpha value is -2.79. The molecule has 2 atom stereocenters. The van der Waals surface area contributed by atoms with Crippen molar-refractivity contribution < 1.29 is 19.7 Å². The van der Waals surface area contributed by atoms with Gasteiger partial charge in [0.2, 0.25) is 0 Å². The molecule has 4 rings (SSSR count). The number of primary amides is 1. The van der Waals surface area contributed by atoms with Crippen molar-refractivity contribution in [2.24, 2.45) is 5.73 Å². The fraction of sp³-hybridized carbons (Fsp3) is 0.500. The number of fused-ring (bicyclic) bond motifs is 1. The fourth-order valence-electron chi connectivity index (χ4n) is 4.23. The molecule has 2 amide bonds. The van der Waals surface area contributed by atoms with Crippen LogP contribution >= 0.6 is 0 Å². The van der Waals surface area contributed by atoms with Crippen molar-refractivity contribution in [1.82, 2.24) is 14.9 Å². The molecule has 172 valence electrons. The molecule has 0 saturated carbocycles. The number of aliphatic hydroxyl groups is 2. The van der Waals surface area contributed by atoms with Gasteiger partial charge in [-0.15, -0.1) is 0 Å². The van der Waals surface area contributed by atoms with Gasteiger partial charge < -0.3 is 30.9 Å². The second kappa shape index (κ2) is 9.78. The number of amides is 2. The molecule has 1 fully saturated rings. The molecule has 0 aliphatic carbocycles. The smallest absolute Gasteiger partial charge is 0.316 e. The van der Waals surface area contributed by atoms with Crippen LogP contribution in [0.1, 0.15) is 18.2 Å². The summed E-state index contributed by atoms with van der Waals surface area (Å²) >= 11 is 0. The minimum Gasteiger partial charge on any atom is -0.394 e. The van der Waals surface area contributed by atoms with Crippen LogP contribution in [0.3, 0.4) is 0 Å². The average molecular weight is 443 g/mol. The van der Waals surface area contributed by atoms with E-state index < -0.39 is 12.1 Å². The Morgan fingerprint density at radius 1 is 1.31 bits per heavy atom. The number of hydrogen-bond donors (Lipinski definition) is 4. The van der Waals surface area contributed by atoms with E-state index in [4.69, 9.17) is 20.4 Å². The lowest BCUT2D eigenvalue weighted by Crippen LogP contribution is -2.46. The van der Waals surface area contributed by atoms with Crippen LogP contribution in [0.5, 0.6) is 0 Å². The number of nitrogens with zero attached hydrogens (tertiary/aromatic N) is 4. The van der Waals surface area contributed by atoms with Crippen LogP contribution in [-0.2, 0) is 17.7 Å². The van der Waals surface area contributed by atoms with E-state index in [2.05, 4.69) is 22.0 Å². The Bertz CT molecular complexity index is 954. The van der Waals surface area contributed by atoms with Crippen LogP contribution < -0.4 is 16.0 Å². The minimum atomic E-state index is -0.776. The maximum atomic E-state index is 11.1. The first kappa shape index (κ1) is 22.4. The Morgan fingerprint density at radius 2 is 2.09 bits per heavy atom. The summed E-state index contributed by atoms with van der Waals surface area (Å²) in [7, 11) is 0. The number of anilines is 2. The number of aliphatic hydroxyl groups excluding tert-OH is 2. The van der Waals surface area contributed by atoms with E-state index in [1.54, 1.807) is 12.1 Å². The van der Waals surface area contributed by atoms with Crippen molar-refractivity contribution in [1.29, 1.82) is 0 Å². The normalized spacial score (nSPS) is 20.0. The summed E-state index contributed by atoms with van der Waals surface area (Å²) in [5.41, 5.74) is 8.69. The molecule has 1 aromatic carbocycles. The first-order valence-corrected chi connectivity index (χ1v) is 10.9. The van der Waals surface area contributed by atoms with Gasteiger partial charge in [0.25, 0.3) is 0 Å². The molecule has 0 unspecified atom stereocenters. The van der Waals surface area contributed by atoms with E-state index in [0.29, 0.717) is 37.8 Å². The topological polar surface area (TPSA) is 137 Å². The van der Waals surface area contributed by atoms with E-state index in [0.717, 1.165) is 42.1 Å². The maximum Gasteiger partial charge on any atom is 0.316 e. The molecule has 10 heteroatoms. The molecule has 10 nitrogen and oxygen atoms in total. The molecule has 0 radical (unpaired) electrons. The summed E-state index contributed by atoms with van der Waals surface area (Å²) in [4.78, 5) is 25.3. The van der Waals surface area contributed by atoms with E-state index in [1.807, 2.05) is 12.1 Å². The lowest BCUT2D eigenvalue weighted by Gasteiger charge is -2.38. The fourth-order valence-corrected chi connectivity index (χ4v) is 4.23. The number of nitrogens with one attached hydrogen (secondary N) is 1. The molecule has 2 aliphatic rings. The number of β-amino-alcohol motifs (C(OH)–C–C–N with tert-alkyl or cyclic N) is 1. The van der Waals surface area contributed by atoms with Crippen molar-refractivity contribution in [2.75, 3.05) is 49.7 Å². The number of carbonyl (C=O) groups excluding carboxylic acids is 1. The summed E-state index contributed by atoms with van der Waals surface area (Å²) in [5.74, 6) is 1.54. The van der Waals surface area contributed by atoms with E-state index in [1.165, 1.54) is 0 Å². The predicted molar refractivity (Wildman–Crippen MR) is 120 cm³/mol. The van der Waals surface area contributed by atoms with Crippen LogP contribution in [0, 0.1) is 0 Å². The van der Waals surface area contributed by atoms with Gasteiger partial charge in [0.15, 0.2) is 5.82 Å². The number of hydrogen-bond acceptors (Lipinski definition) is 8. The molecule has 3 heterocycles. The van der Waals surface area contributed by atoms with Gasteiger partial charge in [-0.3, -0.25) is 4.90 Å². The van der Waals surface area contributed by atoms with Crippen molar-refractivity contribution in [3.63, 3.8) is 0 Å². The highest BCUT2D eigenvalue weighted by Gasteiger charge is 2.29. The van der Waals surface area contributed by atoms with Crippen LogP contribution in [-0.4, -0.2) is 82.7 Å². The molecule has 5 N–H and O–H groups in total. The second-order valence-corrected chi connectivity index (χ2v) is 8.30. The lowest BCUT2D eigenvalue weighted by molar-refractivity contribution is 0.0545. The number of nitrogens with two attached hydrogens (primary N) is 1. The minimum absolute atomic E-state index is 0.201. The van der Waals surface area contributed by atoms with Gasteiger partial charge in [-0.25, -0.2) is 14.8 Å². The summed E-state index contributed by atoms with van der Waals surface area (Å²) < 4.78 is 5.62. The first-order chi connectivity index (χ1) is 15.4. The molecular formula is C22H30N6O4. The molecule has 2 aliphatic heterocycles. The van der Waals surface area contributed by atoms with E-state index in [-0.39, 0.29) is 12.6 Å². The zero-order valence-electron chi connectivity index (χ0n) is 18.2. The quantitative estimate of drug-likeness (QED) is 0.510. The Kier molecular flexibility index (Phi) is 6.85. The van der Waals surface area contributed by atoms with Gasteiger partial charge in [0, 0.05) is 43.0 Å². The summed E-state index contributed by atoms with van der Waals surface area (Å²) in [6.07, 6.45) is -0.00356. The van der Waals surface area contributed by atoms with E-state index >= 15 is 0 Å². The SMILES string of the molecule is C[C@H]1COCCN1c1nc(-c2ccc(NC(N)=O)cc2)nc2c1CCN(C[C@@H](O)CO)C2. The van der Waals surface area contributed by atoms with E-state index in [9.17, 15) is 15.0 Å². The zero-order valence-corrected chi connectivity index (χ0v) is 18.2. The van der Waals surface area contributed by atoms with Crippen LogP contribution in [0.4, 0.5) is 16.3 Å². The zero-order chi connectivity index (χ0) is 22.7. The number of morpholine rings is 1. The van der Waals surface area contributed by atoms with Gasteiger partial charge in [-0.05, 0) is 37.6 Å². The highest BCUT2D eigenvalue weighted by molar-refractivity contribution is 5.88. The molecule has 1 saturated heterocycles. The van der Waals surface area contributed by atoms with Crippen LogP contribution in [0.25, 0.3) is 11.4 Å². The highest BCUT2D eigenvalue weighted by atomic mass is 16.5. The van der Waals surface area contributed by atoms with Gasteiger partial charge in [-0.1, -0.05) is 0 Å². The van der Waals surface area contributed by atoms with Gasteiger partial charge in [0.1, 0.15) is 5.82 Å². The predicted octanol–water partition coefficient (Wildman–Crippen LogP) is 0.571. The summed E-state index contributed by atoms with van der Waals surface area (Å²) in [6.45, 7) is 5.67. The van der Waals surface area contributed by atoms with Crippen molar-refractivity contribution in [3.05, 3.63) is 35.5 Å². The summed E-state index contributed by atoms with van der Waals surface area (Å²) in [6, 6.07) is 6.84. The third-order valence-corrected chi connectivity index (χ3v) is 5.85. The number of benzene rings is 1. The third kappa shape index (κ3) is 4.99. The average Bonchev–Trinajstić information content (AvgIpc) is 2.78. The van der Waals surface area contributed by atoms with Gasteiger partial charge in [-0.2, -0.15) is 0 Å². The number of carbonyl (C=O) groups is 1. The number of aromatic nitrogens is 2. The van der Waals surface area contributed by atoms with Gasteiger partial charge in [0.05, 0.1) is 37.7 Å². The number of urea groups is 1. The maximum absolute atomic E-state index is 11.1. The number of ether oxygens (including phenoxy) is 1. The lowest BCUT2D eigenvalue weighted by atomic mass is 10.0. The van der Waals surface area contributed by atoms with Gasteiger partial charge >= 0.3 is 6.03 Å². The van der Waals surface area contributed by atoms with Crippen LogP contribution in [0.15, 0.2) is 24.3 Å². The molecule has 32 heavy (non-hydrogen) atoms. The van der Waals surface area contributed by atoms with Crippen LogP contribution in [0.2, 0.25) is 0 Å². The molecule has 1 aromatic heterocycles. The monoisotopic (exact) mass is 442 g/mol. The third-order valence-electron chi connectivity index (χ3n) is 5.85. The second-order valence-electron chi connectivity index (χ2n) is 8.30. The molecule has 2 aromatic rings. The first-order valence-electron chi connectivity index (χ1n) is 10.9. The Labute approximate surface area is 187 Å². The van der Waals surface area contributed by atoms with Crippen molar-refractivity contribution in [3.8, 4) is 11.4 Å². The Morgan fingerprint density at radius 3 is 2.78 bits per heavy atom. The standard InChI is InChI=1S/C22H30N6O4/c1-14-13-32-9-8-28(14)21-18-6-7-27(10-17(30)12-29)11-19(18)25-20(26-21)15-2-4-16(5-3-15)24-22(23)31/h2-5,14,17,29-30H,6-13H2,1H3,(H3,23,24,31)/t14-,17+/m0/s1. The molecule has 0 spiro atoms.